The molecule has 0 spiro atoms. The fraction of sp³-hybridized carbons (Fsp3) is 0.462. The van der Waals surface area contributed by atoms with Gasteiger partial charge in [-0.3, -0.25) is 0 Å². The molecule has 0 heterocycles. The molecule has 0 aliphatic rings. The van der Waals surface area contributed by atoms with Gasteiger partial charge >= 0.3 is 0 Å². The number of rotatable bonds is 6. The molecule has 0 aromatic heterocycles. The van der Waals surface area contributed by atoms with Gasteiger partial charge in [0, 0.05) is 13.2 Å². The average Bonchev–Trinajstić information content (AvgIpc) is 2.36. The minimum atomic E-state index is -1.12. The summed E-state index contributed by atoms with van der Waals surface area (Å²) >= 11 is 0. The first-order valence-corrected chi connectivity index (χ1v) is 5.77. The molecule has 0 aliphatic carbocycles. The van der Waals surface area contributed by atoms with E-state index in [0.29, 0.717) is 6.61 Å². The fourth-order valence-corrected chi connectivity index (χ4v) is 1.71. The summed E-state index contributed by atoms with van der Waals surface area (Å²) in [5, 5.41) is 11.5. The van der Waals surface area contributed by atoms with E-state index in [2.05, 4.69) is 5.32 Å². The highest BCUT2D eigenvalue weighted by Crippen LogP contribution is 2.21. The van der Waals surface area contributed by atoms with Gasteiger partial charge in [-0.25, -0.2) is 8.78 Å². The minimum Gasteiger partial charge on any atom is -0.383 e. The van der Waals surface area contributed by atoms with Crippen molar-refractivity contribution < 1.29 is 13.5 Å². The quantitative estimate of drug-likeness (QED) is 0.848. The predicted molar refractivity (Wildman–Crippen MR) is 65.3 cm³/mol. The molecule has 98 valence electrons. The van der Waals surface area contributed by atoms with Crippen LogP contribution >= 0.6 is 0 Å². The highest BCUT2D eigenvalue weighted by atomic mass is 19.2. The number of methoxy groups -OCH3 is 1. The Balaban J connectivity index is 2.90. The topological polar surface area (TPSA) is 45.0 Å². The van der Waals surface area contributed by atoms with E-state index in [0.717, 1.165) is 12.8 Å². The minimum absolute atomic E-state index is 0.0574. The Kier molecular flexibility index (Phi) is 5.53. The molecule has 1 unspecified atom stereocenters. The molecule has 5 heteroatoms. The summed E-state index contributed by atoms with van der Waals surface area (Å²) in [6.45, 7) is 2.41. The number of nitriles is 1. The molecule has 0 saturated heterocycles. The molecule has 0 saturated carbocycles. The van der Waals surface area contributed by atoms with Crippen LogP contribution in [0.5, 0.6) is 0 Å². The first-order valence-electron chi connectivity index (χ1n) is 5.77. The van der Waals surface area contributed by atoms with Crippen molar-refractivity contribution in [3.8, 4) is 6.07 Å². The third-order valence-corrected chi connectivity index (χ3v) is 2.57. The average molecular weight is 254 g/mol. The number of ether oxygens (including phenoxy) is 1. The second kappa shape index (κ2) is 6.92. The molecule has 18 heavy (non-hydrogen) atoms. The maximum absolute atomic E-state index is 13.7. The van der Waals surface area contributed by atoms with Gasteiger partial charge in [-0.1, -0.05) is 13.3 Å². The van der Waals surface area contributed by atoms with Crippen LogP contribution in [0.4, 0.5) is 14.5 Å². The summed E-state index contributed by atoms with van der Waals surface area (Å²) < 4.78 is 32.1. The van der Waals surface area contributed by atoms with Gasteiger partial charge in [-0.05, 0) is 18.6 Å². The van der Waals surface area contributed by atoms with Crippen molar-refractivity contribution in [1.82, 2.24) is 0 Å². The normalized spacial score (nSPS) is 11.9. The molecule has 0 aliphatic heterocycles. The lowest BCUT2D eigenvalue weighted by atomic mass is 10.1. The Morgan fingerprint density at radius 1 is 1.39 bits per heavy atom. The summed E-state index contributed by atoms with van der Waals surface area (Å²) in [7, 11) is 1.56. The third-order valence-electron chi connectivity index (χ3n) is 2.57. The summed E-state index contributed by atoms with van der Waals surface area (Å²) in [6, 6.07) is 4.15. The second-order valence-corrected chi connectivity index (χ2v) is 3.99. The van der Waals surface area contributed by atoms with Crippen LogP contribution in [0.25, 0.3) is 0 Å². The van der Waals surface area contributed by atoms with Crippen molar-refractivity contribution in [2.75, 3.05) is 19.0 Å². The van der Waals surface area contributed by atoms with Crippen molar-refractivity contribution in [2.45, 2.75) is 25.8 Å². The van der Waals surface area contributed by atoms with Crippen molar-refractivity contribution in [2.24, 2.45) is 0 Å². The summed E-state index contributed by atoms with van der Waals surface area (Å²) in [6.07, 6.45) is 1.69. The zero-order valence-corrected chi connectivity index (χ0v) is 10.5. The standard InChI is InChI=1S/C13H16F2N2O/c1-3-4-10(8-18-2)17-11-6-5-9(7-16)12(14)13(11)15/h5-6,10,17H,3-4,8H2,1-2H3. The maximum Gasteiger partial charge on any atom is 0.183 e. The lowest BCUT2D eigenvalue weighted by Crippen LogP contribution is -2.25. The van der Waals surface area contributed by atoms with Gasteiger partial charge in [0.1, 0.15) is 6.07 Å². The Labute approximate surface area is 105 Å². The molecule has 0 radical (unpaired) electrons. The number of nitrogens with zero attached hydrogens (tertiary/aromatic N) is 1. The number of hydrogen-bond donors (Lipinski definition) is 1. The molecule has 1 aromatic rings. The zero-order valence-electron chi connectivity index (χ0n) is 10.5. The number of nitrogens with one attached hydrogen (secondary N) is 1. The van der Waals surface area contributed by atoms with Crippen LogP contribution in [0.2, 0.25) is 0 Å². The molecule has 0 fully saturated rings. The predicted octanol–water partition coefficient (Wildman–Crippen LogP) is 3.06. The zero-order chi connectivity index (χ0) is 13.5. The van der Waals surface area contributed by atoms with E-state index >= 15 is 0 Å². The van der Waals surface area contributed by atoms with E-state index in [-0.39, 0.29) is 17.3 Å². The second-order valence-electron chi connectivity index (χ2n) is 3.99. The number of halogens is 2. The van der Waals surface area contributed by atoms with Gasteiger partial charge in [0.2, 0.25) is 0 Å². The molecular formula is C13H16F2N2O. The summed E-state index contributed by atoms with van der Waals surface area (Å²) in [5.41, 5.74) is -0.237. The van der Waals surface area contributed by atoms with Crippen LogP contribution in [0, 0.1) is 23.0 Å². The van der Waals surface area contributed by atoms with Crippen LogP contribution in [0.3, 0.4) is 0 Å². The summed E-state index contributed by atoms with van der Waals surface area (Å²) in [4.78, 5) is 0. The highest BCUT2D eigenvalue weighted by Gasteiger charge is 2.16. The maximum atomic E-state index is 13.7. The molecular weight excluding hydrogens is 238 g/mol. The van der Waals surface area contributed by atoms with Crippen molar-refractivity contribution in [1.29, 1.82) is 5.26 Å². The van der Waals surface area contributed by atoms with E-state index < -0.39 is 11.6 Å². The molecule has 0 bridgehead atoms. The van der Waals surface area contributed by atoms with E-state index in [1.54, 1.807) is 13.2 Å². The van der Waals surface area contributed by atoms with Gasteiger partial charge in [0.15, 0.2) is 11.6 Å². The van der Waals surface area contributed by atoms with E-state index in [1.807, 2.05) is 6.92 Å². The van der Waals surface area contributed by atoms with Gasteiger partial charge in [0.25, 0.3) is 0 Å². The first-order chi connectivity index (χ1) is 8.63. The monoisotopic (exact) mass is 254 g/mol. The van der Waals surface area contributed by atoms with Gasteiger partial charge in [-0.15, -0.1) is 0 Å². The van der Waals surface area contributed by atoms with Crippen molar-refractivity contribution >= 4 is 5.69 Å². The van der Waals surface area contributed by atoms with E-state index in [4.69, 9.17) is 10.00 Å². The largest absolute Gasteiger partial charge is 0.383 e. The molecule has 0 amide bonds. The Hall–Kier alpha value is -1.67. The SMILES string of the molecule is CCCC(COC)Nc1ccc(C#N)c(F)c1F. The van der Waals surface area contributed by atoms with Crippen LogP contribution < -0.4 is 5.32 Å². The van der Waals surface area contributed by atoms with Crippen LogP contribution in [-0.4, -0.2) is 19.8 Å². The highest BCUT2D eigenvalue weighted by molar-refractivity contribution is 5.50. The first kappa shape index (κ1) is 14.4. The van der Waals surface area contributed by atoms with Crippen LogP contribution in [0.1, 0.15) is 25.3 Å². The lowest BCUT2D eigenvalue weighted by molar-refractivity contribution is 0.182. The number of hydrogen-bond acceptors (Lipinski definition) is 3. The molecule has 1 rings (SSSR count). The Bertz CT molecular complexity index is 437. The fourth-order valence-electron chi connectivity index (χ4n) is 1.71. The molecule has 1 atom stereocenters. The van der Waals surface area contributed by atoms with Gasteiger partial charge < -0.3 is 10.1 Å². The molecule has 1 N–H and O–H groups in total. The van der Waals surface area contributed by atoms with Gasteiger partial charge in [-0.2, -0.15) is 5.26 Å². The Morgan fingerprint density at radius 2 is 2.11 bits per heavy atom. The third kappa shape index (κ3) is 3.41. The lowest BCUT2D eigenvalue weighted by Gasteiger charge is -2.19. The molecule has 3 nitrogen and oxygen atoms in total. The van der Waals surface area contributed by atoms with Crippen LogP contribution in [0.15, 0.2) is 12.1 Å². The van der Waals surface area contributed by atoms with Gasteiger partial charge in [0.05, 0.1) is 17.9 Å². The smallest absolute Gasteiger partial charge is 0.183 e. The number of anilines is 1. The van der Waals surface area contributed by atoms with Crippen LogP contribution in [-0.2, 0) is 4.74 Å². The van der Waals surface area contributed by atoms with Crippen molar-refractivity contribution in [3.05, 3.63) is 29.3 Å². The number of benzene rings is 1. The van der Waals surface area contributed by atoms with E-state index in [1.165, 1.54) is 12.1 Å². The summed E-state index contributed by atoms with van der Waals surface area (Å²) in [5.74, 6) is -2.14. The van der Waals surface area contributed by atoms with E-state index in [9.17, 15) is 8.78 Å². The Morgan fingerprint density at radius 3 is 2.67 bits per heavy atom. The van der Waals surface area contributed by atoms with Crippen molar-refractivity contribution in [3.63, 3.8) is 0 Å². The molecule has 1 aromatic carbocycles.